The summed E-state index contributed by atoms with van der Waals surface area (Å²) < 4.78 is 5.68. The number of nitrogens with zero attached hydrogens (tertiary/aromatic N) is 1. The molecule has 0 radical (unpaired) electrons. The average molecular weight is 264 g/mol. The Bertz CT molecular complexity index is 332. The highest BCUT2D eigenvalue weighted by molar-refractivity contribution is 5.13. The minimum Gasteiger partial charge on any atom is -0.375 e. The monoisotopic (exact) mass is 264 g/mol. The summed E-state index contributed by atoms with van der Waals surface area (Å²) in [5, 5.41) is 3.49. The van der Waals surface area contributed by atoms with Crippen LogP contribution in [0.4, 0.5) is 0 Å². The van der Waals surface area contributed by atoms with E-state index in [4.69, 9.17) is 4.74 Å². The van der Waals surface area contributed by atoms with Gasteiger partial charge in [-0.05, 0) is 33.4 Å². The predicted octanol–water partition coefficient (Wildman–Crippen LogP) is 2.52. The summed E-state index contributed by atoms with van der Waals surface area (Å²) in [5.74, 6) is 0. The van der Waals surface area contributed by atoms with Crippen LogP contribution in [-0.4, -0.2) is 43.7 Å². The van der Waals surface area contributed by atoms with E-state index in [2.05, 4.69) is 50.2 Å². The third-order valence-electron chi connectivity index (χ3n) is 2.88. The summed E-state index contributed by atoms with van der Waals surface area (Å²) in [5.41, 5.74) is 1.43. The molecule has 3 nitrogen and oxygen atoms in total. The summed E-state index contributed by atoms with van der Waals surface area (Å²) in [4.78, 5) is 2.30. The predicted molar refractivity (Wildman–Crippen MR) is 81.4 cm³/mol. The molecule has 0 aromatic heterocycles. The van der Waals surface area contributed by atoms with Gasteiger partial charge < -0.3 is 15.0 Å². The number of nitrogens with one attached hydrogen (secondary N) is 1. The van der Waals surface area contributed by atoms with E-state index < -0.39 is 0 Å². The molecular formula is C16H28N2O. The molecule has 108 valence electrons. The number of benzene rings is 1. The Morgan fingerprint density at radius 2 is 1.79 bits per heavy atom. The SMILES string of the molecule is CN(CCNC(C)(C)C)CCOCc1ccccc1. The van der Waals surface area contributed by atoms with Gasteiger partial charge in [-0.15, -0.1) is 0 Å². The molecule has 0 saturated heterocycles. The molecule has 19 heavy (non-hydrogen) atoms. The molecule has 1 rings (SSSR count). The van der Waals surface area contributed by atoms with Crippen LogP contribution in [0.1, 0.15) is 26.3 Å². The second-order valence-corrected chi connectivity index (χ2v) is 6.02. The number of rotatable bonds is 8. The first-order valence-electron chi connectivity index (χ1n) is 7.02. The Kier molecular flexibility index (Phi) is 7.06. The van der Waals surface area contributed by atoms with Gasteiger partial charge in [-0.1, -0.05) is 30.3 Å². The summed E-state index contributed by atoms with van der Waals surface area (Å²) >= 11 is 0. The molecule has 1 aromatic carbocycles. The van der Waals surface area contributed by atoms with E-state index in [0.29, 0.717) is 6.61 Å². The van der Waals surface area contributed by atoms with Crippen molar-refractivity contribution in [1.29, 1.82) is 0 Å². The normalized spacial score (nSPS) is 12.1. The highest BCUT2D eigenvalue weighted by atomic mass is 16.5. The molecule has 0 aliphatic heterocycles. The van der Waals surface area contributed by atoms with Gasteiger partial charge >= 0.3 is 0 Å². The number of likely N-dealkylation sites (N-methyl/N-ethyl adjacent to an activating group) is 1. The van der Waals surface area contributed by atoms with Gasteiger partial charge in [0.1, 0.15) is 0 Å². The van der Waals surface area contributed by atoms with Crippen molar-refractivity contribution < 1.29 is 4.74 Å². The molecule has 3 heteroatoms. The second kappa shape index (κ2) is 8.31. The molecule has 0 fully saturated rings. The van der Waals surface area contributed by atoms with Crippen molar-refractivity contribution in [2.75, 3.05) is 33.3 Å². The highest BCUT2D eigenvalue weighted by Gasteiger charge is 2.08. The lowest BCUT2D eigenvalue weighted by Gasteiger charge is -2.23. The fraction of sp³-hybridized carbons (Fsp3) is 0.625. The first-order chi connectivity index (χ1) is 8.97. The van der Waals surface area contributed by atoms with Crippen molar-refractivity contribution in [3.8, 4) is 0 Å². The molecule has 0 bridgehead atoms. The highest BCUT2D eigenvalue weighted by Crippen LogP contribution is 2.00. The summed E-state index contributed by atoms with van der Waals surface area (Å²) in [6.07, 6.45) is 0. The summed E-state index contributed by atoms with van der Waals surface area (Å²) in [6, 6.07) is 10.3. The Morgan fingerprint density at radius 1 is 1.11 bits per heavy atom. The van der Waals surface area contributed by atoms with Gasteiger partial charge in [-0.25, -0.2) is 0 Å². The van der Waals surface area contributed by atoms with Gasteiger partial charge in [0.05, 0.1) is 13.2 Å². The third-order valence-corrected chi connectivity index (χ3v) is 2.88. The molecule has 0 unspecified atom stereocenters. The lowest BCUT2D eigenvalue weighted by molar-refractivity contribution is 0.0994. The Balaban J connectivity index is 2.03. The number of ether oxygens (including phenoxy) is 1. The van der Waals surface area contributed by atoms with Crippen LogP contribution >= 0.6 is 0 Å². The molecule has 0 aliphatic carbocycles. The van der Waals surface area contributed by atoms with Gasteiger partial charge in [0.2, 0.25) is 0 Å². The smallest absolute Gasteiger partial charge is 0.0717 e. The Labute approximate surface area is 118 Å². The van der Waals surface area contributed by atoms with Crippen molar-refractivity contribution in [1.82, 2.24) is 10.2 Å². The standard InChI is InChI=1S/C16H28N2O/c1-16(2,3)17-10-11-18(4)12-13-19-14-15-8-6-5-7-9-15/h5-9,17H,10-14H2,1-4H3. The first kappa shape index (κ1) is 16.2. The minimum atomic E-state index is 0.199. The topological polar surface area (TPSA) is 24.5 Å². The van der Waals surface area contributed by atoms with E-state index in [9.17, 15) is 0 Å². The van der Waals surface area contributed by atoms with Crippen LogP contribution in [0.15, 0.2) is 30.3 Å². The van der Waals surface area contributed by atoms with E-state index in [0.717, 1.165) is 26.2 Å². The average Bonchev–Trinajstić information content (AvgIpc) is 2.34. The fourth-order valence-electron chi connectivity index (χ4n) is 1.72. The van der Waals surface area contributed by atoms with Crippen LogP contribution in [-0.2, 0) is 11.3 Å². The van der Waals surface area contributed by atoms with Gasteiger partial charge in [-0.2, -0.15) is 0 Å². The van der Waals surface area contributed by atoms with E-state index >= 15 is 0 Å². The molecule has 0 saturated carbocycles. The van der Waals surface area contributed by atoms with Crippen molar-refractivity contribution in [3.63, 3.8) is 0 Å². The maximum absolute atomic E-state index is 5.68. The van der Waals surface area contributed by atoms with Gasteiger partial charge in [-0.3, -0.25) is 0 Å². The van der Waals surface area contributed by atoms with Crippen molar-refractivity contribution in [3.05, 3.63) is 35.9 Å². The van der Waals surface area contributed by atoms with Crippen LogP contribution in [0.25, 0.3) is 0 Å². The van der Waals surface area contributed by atoms with Gasteiger partial charge in [0.15, 0.2) is 0 Å². The zero-order chi connectivity index (χ0) is 14.1. The largest absolute Gasteiger partial charge is 0.375 e. The fourth-order valence-corrected chi connectivity index (χ4v) is 1.72. The van der Waals surface area contributed by atoms with E-state index in [1.807, 2.05) is 18.2 Å². The van der Waals surface area contributed by atoms with Crippen LogP contribution in [0, 0.1) is 0 Å². The quantitative estimate of drug-likeness (QED) is 0.730. The van der Waals surface area contributed by atoms with E-state index in [-0.39, 0.29) is 5.54 Å². The van der Waals surface area contributed by atoms with Crippen LogP contribution in [0.2, 0.25) is 0 Å². The summed E-state index contributed by atoms with van der Waals surface area (Å²) in [6.45, 7) is 11.1. The Morgan fingerprint density at radius 3 is 2.42 bits per heavy atom. The first-order valence-corrected chi connectivity index (χ1v) is 7.02. The van der Waals surface area contributed by atoms with Crippen LogP contribution < -0.4 is 5.32 Å². The molecule has 0 spiro atoms. The number of hydrogen-bond acceptors (Lipinski definition) is 3. The van der Waals surface area contributed by atoms with Gasteiger partial charge in [0, 0.05) is 25.2 Å². The van der Waals surface area contributed by atoms with Gasteiger partial charge in [0.25, 0.3) is 0 Å². The molecule has 0 heterocycles. The van der Waals surface area contributed by atoms with E-state index in [1.54, 1.807) is 0 Å². The number of hydrogen-bond donors (Lipinski definition) is 1. The van der Waals surface area contributed by atoms with Crippen LogP contribution in [0.3, 0.4) is 0 Å². The molecule has 0 aliphatic rings. The minimum absolute atomic E-state index is 0.199. The van der Waals surface area contributed by atoms with Crippen molar-refractivity contribution >= 4 is 0 Å². The Hall–Kier alpha value is -0.900. The molecule has 1 aromatic rings. The lowest BCUT2D eigenvalue weighted by Crippen LogP contribution is -2.41. The third kappa shape index (κ3) is 8.76. The maximum atomic E-state index is 5.68. The molecule has 0 amide bonds. The van der Waals surface area contributed by atoms with Crippen molar-refractivity contribution in [2.45, 2.75) is 32.9 Å². The molecule has 1 N–H and O–H groups in total. The molecule has 0 atom stereocenters. The van der Waals surface area contributed by atoms with E-state index in [1.165, 1.54) is 5.56 Å². The molecular weight excluding hydrogens is 236 g/mol. The second-order valence-electron chi connectivity index (χ2n) is 6.02. The van der Waals surface area contributed by atoms with Crippen LogP contribution in [0.5, 0.6) is 0 Å². The zero-order valence-electron chi connectivity index (χ0n) is 12.8. The maximum Gasteiger partial charge on any atom is 0.0717 e. The lowest BCUT2D eigenvalue weighted by atomic mass is 10.1. The van der Waals surface area contributed by atoms with Crippen molar-refractivity contribution in [2.24, 2.45) is 0 Å². The zero-order valence-corrected chi connectivity index (χ0v) is 12.8. The summed E-state index contributed by atoms with van der Waals surface area (Å²) in [7, 11) is 2.14.